The van der Waals surface area contributed by atoms with Gasteiger partial charge in [0, 0.05) is 0 Å². The first-order chi connectivity index (χ1) is 13.3. The van der Waals surface area contributed by atoms with Gasteiger partial charge in [0.25, 0.3) is 0 Å². The molecule has 0 radical (unpaired) electrons. The second-order valence-corrected chi connectivity index (χ2v) is 7.48. The highest BCUT2D eigenvalue weighted by molar-refractivity contribution is 5.65. The Bertz CT molecular complexity index is 697. The highest BCUT2D eigenvalue weighted by atomic mass is 16.1. The Kier molecular flexibility index (Phi) is 15.3. The summed E-state index contributed by atoms with van der Waals surface area (Å²) in [6.07, 6.45) is 27.8. The minimum atomic E-state index is 0.787. The van der Waals surface area contributed by atoms with Crippen molar-refractivity contribution < 1.29 is 4.79 Å². The third-order valence-electron chi connectivity index (χ3n) is 4.13. The lowest BCUT2D eigenvalue weighted by Crippen LogP contribution is -1.80. The number of allylic oxidation sites excluding steroid dienone is 16. The first-order valence-corrected chi connectivity index (χ1v) is 10.1. The molecule has 1 heteroatoms. The number of aldehydes is 1. The summed E-state index contributed by atoms with van der Waals surface area (Å²) < 4.78 is 0. The summed E-state index contributed by atoms with van der Waals surface area (Å²) in [6, 6.07) is 0. The molecule has 0 saturated heterocycles. The van der Waals surface area contributed by atoms with Crippen LogP contribution in [0.5, 0.6) is 0 Å². The molecular weight excluding hydrogens is 340 g/mol. The molecule has 0 aliphatic rings. The minimum absolute atomic E-state index is 0.787. The molecule has 0 saturated carbocycles. The topological polar surface area (TPSA) is 17.1 Å². The van der Waals surface area contributed by atoms with E-state index in [2.05, 4.69) is 71.1 Å². The van der Waals surface area contributed by atoms with Crippen LogP contribution in [0.2, 0.25) is 0 Å². The Morgan fingerprint density at radius 3 is 1.71 bits per heavy atom. The zero-order valence-electron chi connectivity index (χ0n) is 18.7. The van der Waals surface area contributed by atoms with Crippen molar-refractivity contribution in [2.75, 3.05) is 0 Å². The quantitative estimate of drug-likeness (QED) is 0.145. The molecule has 152 valence electrons. The molecule has 1 nitrogen and oxygen atoms in total. The van der Waals surface area contributed by atoms with E-state index in [0.29, 0.717) is 0 Å². The lowest BCUT2D eigenvalue weighted by atomic mass is 10.1. The average molecular weight is 379 g/mol. The molecule has 0 atom stereocenters. The maximum absolute atomic E-state index is 10.3. The molecule has 0 unspecified atom stereocenters. The summed E-state index contributed by atoms with van der Waals surface area (Å²) in [5, 5.41) is 0. The van der Waals surface area contributed by atoms with Gasteiger partial charge in [0.2, 0.25) is 0 Å². The van der Waals surface area contributed by atoms with Crippen molar-refractivity contribution in [3.05, 3.63) is 94.7 Å². The van der Waals surface area contributed by atoms with Gasteiger partial charge in [-0.15, -0.1) is 0 Å². The highest BCUT2D eigenvalue weighted by Crippen LogP contribution is 2.11. The summed E-state index contributed by atoms with van der Waals surface area (Å²) in [6.45, 7) is 12.8. The third kappa shape index (κ3) is 17.0. The molecule has 0 spiro atoms. The molecular formula is C27H38O. The van der Waals surface area contributed by atoms with Gasteiger partial charge in [-0.1, -0.05) is 88.6 Å². The molecule has 0 aliphatic carbocycles. The van der Waals surface area contributed by atoms with Gasteiger partial charge < -0.3 is 0 Å². The SMILES string of the molecule is CC(C)=CCC/C(C)=C/CC/C(C)=C/C=C/C(C)=C/C=C/C=C(C)/C=C/C=O. The van der Waals surface area contributed by atoms with E-state index in [1.165, 1.54) is 28.4 Å². The molecule has 0 heterocycles. The van der Waals surface area contributed by atoms with Crippen molar-refractivity contribution in [3.63, 3.8) is 0 Å². The minimum Gasteiger partial charge on any atom is -0.299 e. The van der Waals surface area contributed by atoms with E-state index in [1.54, 1.807) is 6.08 Å². The summed E-state index contributed by atoms with van der Waals surface area (Å²) >= 11 is 0. The normalized spacial score (nSPS) is 14.5. The van der Waals surface area contributed by atoms with Gasteiger partial charge in [0.15, 0.2) is 0 Å². The smallest absolute Gasteiger partial charge is 0.142 e. The van der Waals surface area contributed by atoms with Gasteiger partial charge in [-0.05, 0) is 73.3 Å². The van der Waals surface area contributed by atoms with Crippen LogP contribution in [0.1, 0.15) is 67.2 Å². The largest absolute Gasteiger partial charge is 0.299 e. The zero-order valence-corrected chi connectivity index (χ0v) is 18.7. The average Bonchev–Trinajstić information content (AvgIpc) is 2.63. The predicted molar refractivity (Wildman–Crippen MR) is 126 cm³/mol. The molecule has 0 aromatic heterocycles. The molecule has 0 aromatic rings. The number of rotatable bonds is 12. The highest BCUT2D eigenvalue weighted by Gasteiger charge is 1.91. The lowest BCUT2D eigenvalue weighted by Gasteiger charge is -2.00. The van der Waals surface area contributed by atoms with Crippen LogP contribution in [0.4, 0.5) is 0 Å². The first kappa shape index (κ1) is 25.6. The zero-order chi connectivity index (χ0) is 21.2. The lowest BCUT2D eigenvalue weighted by molar-refractivity contribution is -0.104. The fourth-order valence-corrected chi connectivity index (χ4v) is 2.40. The first-order valence-electron chi connectivity index (χ1n) is 10.1. The summed E-state index contributed by atoms with van der Waals surface area (Å²) in [5.41, 5.74) is 6.52. The molecule has 28 heavy (non-hydrogen) atoms. The predicted octanol–water partition coefficient (Wildman–Crippen LogP) is 8.17. The van der Waals surface area contributed by atoms with Crippen LogP contribution in [0.25, 0.3) is 0 Å². The van der Waals surface area contributed by atoms with Crippen LogP contribution in [0.15, 0.2) is 94.7 Å². The van der Waals surface area contributed by atoms with Crippen molar-refractivity contribution >= 4 is 6.29 Å². The van der Waals surface area contributed by atoms with Crippen LogP contribution in [-0.2, 0) is 4.79 Å². The number of carbonyl (C=O) groups is 1. The van der Waals surface area contributed by atoms with Crippen molar-refractivity contribution in [2.24, 2.45) is 0 Å². The van der Waals surface area contributed by atoms with Crippen LogP contribution in [0.3, 0.4) is 0 Å². The Labute approximate surface area is 173 Å². The molecule has 0 rings (SSSR count). The van der Waals surface area contributed by atoms with E-state index in [1.807, 2.05) is 25.2 Å². The molecule has 0 fully saturated rings. The van der Waals surface area contributed by atoms with Gasteiger partial charge in [-0.25, -0.2) is 0 Å². The Balaban J connectivity index is 4.38. The number of carbonyl (C=O) groups excluding carboxylic acids is 1. The second-order valence-electron chi connectivity index (χ2n) is 7.48. The Hall–Kier alpha value is -2.41. The number of hydrogen-bond donors (Lipinski definition) is 0. The van der Waals surface area contributed by atoms with E-state index in [4.69, 9.17) is 0 Å². The maximum Gasteiger partial charge on any atom is 0.142 e. The van der Waals surface area contributed by atoms with E-state index in [0.717, 1.165) is 37.5 Å². The van der Waals surface area contributed by atoms with Crippen molar-refractivity contribution in [1.29, 1.82) is 0 Å². The van der Waals surface area contributed by atoms with Crippen LogP contribution in [-0.4, -0.2) is 6.29 Å². The van der Waals surface area contributed by atoms with Gasteiger partial charge in [-0.2, -0.15) is 0 Å². The van der Waals surface area contributed by atoms with E-state index >= 15 is 0 Å². The van der Waals surface area contributed by atoms with Crippen LogP contribution >= 0.6 is 0 Å². The van der Waals surface area contributed by atoms with E-state index in [9.17, 15) is 4.79 Å². The summed E-state index contributed by atoms with van der Waals surface area (Å²) in [4.78, 5) is 10.3. The Morgan fingerprint density at radius 1 is 0.607 bits per heavy atom. The monoisotopic (exact) mass is 378 g/mol. The van der Waals surface area contributed by atoms with Gasteiger partial charge in [0.1, 0.15) is 6.29 Å². The van der Waals surface area contributed by atoms with Crippen LogP contribution in [0, 0.1) is 0 Å². The molecule has 0 N–H and O–H groups in total. The van der Waals surface area contributed by atoms with Crippen molar-refractivity contribution in [3.8, 4) is 0 Å². The molecule has 0 aliphatic heterocycles. The summed E-state index contributed by atoms with van der Waals surface area (Å²) in [5.74, 6) is 0. The van der Waals surface area contributed by atoms with Gasteiger partial charge in [-0.3, -0.25) is 4.79 Å². The molecule has 0 bridgehead atoms. The van der Waals surface area contributed by atoms with Gasteiger partial charge in [0.05, 0.1) is 0 Å². The maximum atomic E-state index is 10.3. The van der Waals surface area contributed by atoms with E-state index in [-0.39, 0.29) is 0 Å². The standard InChI is InChI=1S/C27H38O/c1-23(2)13-9-16-26(5)18-11-20-27(6)19-10-17-24(3)14-7-8-15-25(4)21-12-22-28/h7-8,10,12-15,17-19,21-22H,9,11,16,20H2,1-6H3/b8-7+,17-10+,21-12+,24-14+,25-15+,26-18+,27-19+. The Morgan fingerprint density at radius 2 is 1.14 bits per heavy atom. The van der Waals surface area contributed by atoms with Gasteiger partial charge >= 0.3 is 0 Å². The van der Waals surface area contributed by atoms with E-state index < -0.39 is 0 Å². The summed E-state index contributed by atoms with van der Waals surface area (Å²) in [7, 11) is 0. The third-order valence-corrected chi connectivity index (χ3v) is 4.13. The fourth-order valence-electron chi connectivity index (χ4n) is 2.40. The fraction of sp³-hybridized carbons (Fsp3) is 0.370. The van der Waals surface area contributed by atoms with Crippen LogP contribution < -0.4 is 0 Å². The molecule has 0 aromatic carbocycles. The molecule has 0 amide bonds. The number of hydrogen-bond acceptors (Lipinski definition) is 1. The van der Waals surface area contributed by atoms with Crippen molar-refractivity contribution in [2.45, 2.75) is 67.2 Å². The van der Waals surface area contributed by atoms with Crippen molar-refractivity contribution in [1.82, 2.24) is 0 Å². The second kappa shape index (κ2) is 16.7.